The molecule has 1 heterocycles. The predicted octanol–water partition coefficient (Wildman–Crippen LogP) is 5.12. The Kier molecular flexibility index (Phi) is 5.22. The molecule has 0 aliphatic heterocycles. The van der Waals surface area contributed by atoms with Crippen LogP contribution in [-0.4, -0.2) is 27.4 Å². The highest BCUT2D eigenvalue weighted by Gasteiger charge is 2.26. The zero-order valence-electron chi connectivity index (χ0n) is 17.7. The lowest BCUT2D eigenvalue weighted by molar-refractivity contribution is 0.0470. The third-order valence-corrected chi connectivity index (χ3v) is 4.62. The standard InChI is InChI=1S/C23H27N3O3/c1-15(27)26-20-12-9-17(13-18(20)14-24-26)16-7-10-19(11-8-16)23(5,6)25-21(28)29-22(2,3)4/h7-14H,1-6H3,(H,25,28). The highest BCUT2D eigenvalue weighted by molar-refractivity contribution is 5.92. The highest BCUT2D eigenvalue weighted by Crippen LogP contribution is 2.28. The summed E-state index contributed by atoms with van der Waals surface area (Å²) in [6.45, 7) is 10.9. The van der Waals surface area contributed by atoms with E-state index in [4.69, 9.17) is 4.74 Å². The summed E-state index contributed by atoms with van der Waals surface area (Å²) in [5.41, 5.74) is 2.72. The molecule has 6 heteroatoms. The Morgan fingerprint density at radius 3 is 2.17 bits per heavy atom. The number of carbonyl (C=O) groups excluding carboxylic acids is 2. The molecular weight excluding hydrogens is 366 g/mol. The fourth-order valence-electron chi connectivity index (χ4n) is 3.17. The minimum Gasteiger partial charge on any atom is -0.444 e. The second kappa shape index (κ2) is 7.35. The quantitative estimate of drug-likeness (QED) is 0.670. The molecule has 0 unspecified atom stereocenters. The molecule has 3 aromatic rings. The van der Waals surface area contributed by atoms with Gasteiger partial charge in [-0.15, -0.1) is 0 Å². The number of benzene rings is 2. The minimum absolute atomic E-state index is 0.114. The largest absolute Gasteiger partial charge is 0.444 e. The number of rotatable bonds is 3. The SMILES string of the molecule is CC(=O)n1ncc2cc(-c3ccc(C(C)(C)NC(=O)OC(C)(C)C)cc3)ccc21. The number of ether oxygens (including phenoxy) is 1. The first kappa shape index (κ1) is 20.6. The smallest absolute Gasteiger partial charge is 0.408 e. The summed E-state index contributed by atoms with van der Waals surface area (Å²) in [5, 5.41) is 7.98. The van der Waals surface area contributed by atoms with E-state index in [0.717, 1.165) is 27.6 Å². The summed E-state index contributed by atoms with van der Waals surface area (Å²) in [6, 6.07) is 13.9. The van der Waals surface area contributed by atoms with Gasteiger partial charge < -0.3 is 10.1 Å². The van der Waals surface area contributed by atoms with Gasteiger partial charge in [0.2, 0.25) is 5.91 Å². The van der Waals surface area contributed by atoms with Crippen molar-refractivity contribution >= 4 is 22.9 Å². The van der Waals surface area contributed by atoms with Crippen LogP contribution in [0.4, 0.5) is 4.79 Å². The van der Waals surface area contributed by atoms with Gasteiger partial charge in [0.05, 0.1) is 17.3 Å². The van der Waals surface area contributed by atoms with Gasteiger partial charge >= 0.3 is 6.09 Å². The monoisotopic (exact) mass is 393 g/mol. The number of nitrogens with zero attached hydrogens (tertiary/aromatic N) is 2. The second-order valence-corrected chi connectivity index (χ2v) is 8.68. The van der Waals surface area contributed by atoms with E-state index in [1.807, 2.05) is 77.1 Å². The second-order valence-electron chi connectivity index (χ2n) is 8.68. The zero-order chi connectivity index (χ0) is 21.4. The maximum Gasteiger partial charge on any atom is 0.408 e. The van der Waals surface area contributed by atoms with E-state index >= 15 is 0 Å². The van der Waals surface area contributed by atoms with E-state index in [9.17, 15) is 9.59 Å². The first-order chi connectivity index (χ1) is 13.5. The lowest BCUT2D eigenvalue weighted by Gasteiger charge is -2.29. The van der Waals surface area contributed by atoms with Gasteiger partial charge in [-0.2, -0.15) is 5.10 Å². The molecule has 0 saturated heterocycles. The Labute approximate surface area is 170 Å². The topological polar surface area (TPSA) is 73.2 Å². The predicted molar refractivity (Wildman–Crippen MR) is 114 cm³/mol. The molecule has 0 aliphatic rings. The molecule has 3 rings (SSSR count). The molecule has 6 nitrogen and oxygen atoms in total. The molecule has 1 amide bonds. The van der Waals surface area contributed by atoms with Gasteiger partial charge in [-0.05, 0) is 63.4 Å². The van der Waals surface area contributed by atoms with Crippen molar-refractivity contribution in [2.75, 3.05) is 0 Å². The average molecular weight is 393 g/mol. The molecule has 0 bridgehead atoms. The molecule has 0 radical (unpaired) electrons. The molecule has 29 heavy (non-hydrogen) atoms. The van der Waals surface area contributed by atoms with Gasteiger partial charge in [-0.25, -0.2) is 9.48 Å². The van der Waals surface area contributed by atoms with Crippen molar-refractivity contribution in [2.45, 2.75) is 52.7 Å². The van der Waals surface area contributed by atoms with E-state index in [2.05, 4.69) is 10.4 Å². The molecule has 152 valence electrons. The summed E-state index contributed by atoms with van der Waals surface area (Å²) >= 11 is 0. The molecule has 0 fully saturated rings. The van der Waals surface area contributed by atoms with Crippen molar-refractivity contribution in [1.82, 2.24) is 15.1 Å². The fourth-order valence-corrected chi connectivity index (χ4v) is 3.17. The molecule has 0 atom stereocenters. The van der Waals surface area contributed by atoms with Crippen LogP contribution >= 0.6 is 0 Å². The normalized spacial score (nSPS) is 12.1. The number of carbonyl (C=O) groups is 2. The lowest BCUT2D eigenvalue weighted by Crippen LogP contribution is -2.43. The number of aromatic nitrogens is 2. The first-order valence-corrected chi connectivity index (χ1v) is 9.57. The number of fused-ring (bicyclic) bond motifs is 1. The summed E-state index contributed by atoms with van der Waals surface area (Å²) in [5.74, 6) is -0.114. The first-order valence-electron chi connectivity index (χ1n) is 9.57. The van der Waals surface area contributed by atoms with Gasteiger partial charge in [-0.1, -0.05) is 30.3 Å². The van der Waals surface area contributed by atoms with Crippen molar-refractivity contribution < 1.29 is 14.3 Å². The summed E-state index contributed by atoms with van der Waals surface area (Å²) in [6.07, 6.45) is 1.25. The van der Waals surface area contributed by atoms with Crippen LogP contribution in [0.2, 0.25) is 0 Å². The lowest BCUT2D eigenvalue weighted by atomic mass is 9.92. The van der Waals surface area contributed by atoms with E-state index in [-0.39, 0.29) is 5.91 Å². The van der Waals surface area contributed by atoms with Gasteiger partial charge in [0.25, 0.3) is 0 Å². The maximum atomic E-state index is 12.1. The number of hydrogen-bond acceptors (Lipinski definition) is 4. The van der Waals surface area contributed by atoms with Crippen molar-refractivity contribution in [1.29, 1.82) is 0 Å². The Bertz CT molecular complexity index is 1060. The van der Waals surface area contributed by atoms with Gasteiger partial charge in [-0.3, -0.25) is 4.79 Å². The van der Waals surface area contributed by atoms with Crippen LogP contribution in [0.5, 0.6) is 0 Å². The molecule has 0 spiro atoms. The van der Waals surface area contributed by atoms with Crippen LogP contribution in [0.1, 0.15) is 51.9 Å². The summed E-state index contributed by atoms with van der Waals surface area (Å²) in [4.78, 5) is 23.8. The average Bonchev–Trinajstić information content (AvgIpc) is 3.03. The summed E-state index contributed by atoms with van der Waals surface area (Å²) in [7, 11) is 0. The van der Waals surface area contributed by atoms with E-state index in [1.54, 1.807) is 6.20 Å². The van der Waals surface area contributed by atoms with Crippen LogP contribution < -0.4 is 5.32 Å². The fraction of sp³-hybridized carbons (Fsp3) is 0.348. The number of hydrogen-bond donors (Lipinski definition) is 1. The van der Waals surface area contributed by atoms with Crippen LogP contribution in [-0.2, 0) is 10.3 Å². The molecule has 1 aromatic heterocycles. The Hall–Kier alpha value is -3.15. The number of alkyl carbamates (subject to hydrolysis) is 1. The van der Waals surface area contributed by atoms with Crippen molar-refractivity contribution in [3.8, 4) is 11.1 Å². The zero-order valence-corrected chi connectivity index (χ0v) is 17.7. The minimum atomic E-state index is -0.576. The van der Waals surface area contributed by atoms with Crippen LogP contribution in [0.15, 0.2) is 48.7 Å². The molecule has 1 N–H and O–H groups in total. The van der Waals surface area contributed by atoms with E-state index < -0.39 is 17.2 Å². The van der Waals surface area contributed by atoms with Crippen molar-refractivity contribution in [2.24, 2.45) is 0 Å². The van der Waals surface area contributed by atoms with Crippen LogP contribution in [0.3, 0.4) is 0 Å². The van der Waals surface area contributed by atoms with Crippen LogP contribution in [0, 0.1) is 0 Å². The van der Waals surface area contributed by atoms with Gasteiger partial charge in [0.15, 0.2) is 0 Å². The van der Waals surface area contributed by atoms with Gasteiger partial charge in [0.1, 0.15) is 5.60 Å². The third kappa shape index (κ3) is 4.65. The van der Waals surface area contributed by atoms with Crippen LogP contribution in [0.25, 0.3) is 22.0 Å². The van der Waals surface area contributed by atoms with Gasteiger partial charge in [0, 0.05) is 12.3 Å². The Morgan fingerprint density at radius 2 is 1.59 bits per heavy atom. The van der Waals surface area contributed by atoms with E-state index in [0.29, 0.717) is 0 Å². The van der Waals surface area contributed by atoms with Crippen molar-refractivity contribution in [3.05, 3.63) is 54.2 Å². The van der Waals surface area contributed by atoms with E-state index in [1.165, 1.54) is 11.6 Å². The Balaban J connectivity index is 1.81. The molecular formula is C23H27N3O3. The number of nitrogens with one attached hydrogen (secondary N) is 1. The van der Waals surface area contributed by atoms with Crippen molar-refractivity contribution in [3.63, 3.8) is 0 Å². The maximum absolute atomic E-state index is 12.1. The molecule has 0 aliphatic carbocycles. The molecule has 2 aromatic carbocycles. The Morgan fingerprint density at radius 1 is 0.966 bits per heavy atom. The third-order valence-electron chi connectivity index (χ3n) is 4.62. The highest BCUT2D eigenvalue weighted by atomic mass is 16.6. The summed E-state index contributed by atoms with van der Waals surface area (Å²) < 4.78 is 6.76. The number of amides is 1. The molecule has 0 saturated carbocycles.